The lowest BCUT2D eigenvalue weighted by Crippen LogP contribution is -2.05. The predicted octanol–water partition coefficient (Wildman–Crippen LogP) is 3.97. The van der Waals surface area contributed by atoms with E-state index in [0.717, 1.165) is 24.3 Å². The second-order valence-corrected chi connectivity index (χ2v) is 5.65. The number of nitrogens with one attached hydrogen (secondary N) is 1. The molecule has 0 unspecified atom stereocenters. The van der Waals surface area contributed by atoms with Gasteiger partial charge in [0, 0.05) is 36.1 Å². The molecule has 0 aromatic carbocycles. The molecule has 0 aliphatic heterocycles. The Bertz CT molecular complexity index is 510. The minimum Gasteiger partial charge on any atom is -0.385 e. The smallest absolute Gasteiger partial charge is 0.131 e. The summed E-state index contributed by atoms with van der Waals surface area (Å²) in [5, 5.41) is 7.16. The molecule has 2 aromatic rings. The summed E-state index contributed by atoms with van der Waals surface area (Å²) >= 11 is 7.55. The van der Waals surface area contributed by atoms with Crippen molar-refractivity contribution in [2.75, 3.05) is 11.9 Å². The zero-order valence-corrected chi connectivity index (χ0v) is 12.1. The van der Waals surface area contributed by atoms with Gasteiger partial charge in [0.15, 0.2) is 0 Å². The first-order valence-corrected chi connectivity index (χ1v) is 7.20. The Labute approximate surface area is 116 Å². The van der Waals surface area contributed by atoms with Crippen LogP contribution in [0, 0.1) is 0 Å². The fourth-order valence-electron chi connectivity index (χ4n) is 1.55. The van der Waals surface area contributed by atoms with Crippen molar-refractivity contribution in [1.29, 1.82) is 0 Å². The van der Waals surface area contributed by atoms with Gasteiger partial charge in [-0.3, -0.25) is 0 Å². The second kappa shape index (κ2) is 6.16. The standard InChI is InChI=1S/C13H16ClN3S/c1-9(2)13-17-11(8-18-13)4-5-15-10-3-6-16-12(14)7-10/h3,6-9H,4-5H2,1-2H3,(H,15,16). The summed E-state index contributed by atoms with van der Waals surface area (Å²) < 4.78 is 0. The zero-order valence-electron chi connectivity index (χ0n) is 10.5. The van der Waals surface area contributed by atoms with E-state index in [1.165, 1.54) is 5.01 Å². The van der Waals surface area contributed by atoms with Gasteiger partial charge in [-0.15, -0.1) is 11.3 Å². The summed E-state index contributed by atoms with van der Waals surface area (Å²) in [5.74, 6) is 0.510. The van der Waals surface area contributed by atoms with Gasteiger partial charge in [0.25, 0.3) is 0 Å². The number of thiazole rings is 1. The van der Waals surface area contributed by atoms with Gasteiger partial charge in [-0.25, -0.2) is 9.97 Å². The van der Waals surface area contributed by atoms with Gasteiger partial charge in [-0.05, 0) is 12.1 Å². The lowest BCUT2D eigenvalue weighted by molar-refractivity contribution is 0.835. The molecule has 3 nitrogen and oxygen atoms in total. The molecule has 2 rings (SSSR count). The molecular weight excluding hydrogens is 266 g/mol. The molecule has 2 heterocycles. The van der Waals surface area contributed by atoms with Crippen LogP contribution in [-0.4, -0.2) is 16.5 Å². The van der Waals surface area contributed by atoms with Crippen molar-refractivity contribution in [3.8, 4) is 0 Å². The largest absolute Gasteiger partial charge is 0.385 e. The molecule has 0 spiro atoms. The minimum atomic E-state index is 0.510. The van der Waals surface area contributed by atoms with E-state index in [1.807, 2.05) is 12.1 Å². The third-order valence-electron chi connectivity index (χ3n) is 2.50. The summed E-state index contributed by atoms with van der Waals surface area (Å²) in [5.41, 5.74) is 2.14. The Morgan fingerprint density at radius 3 is 2.94 bits per heavy atom. The van der Waals surface area contributed by atoms with Crippen LogP contribution < -0.4 is 5.32 Å². The Morgan fingerprint density at radius 2 is 2.28 bits per heavy atom. The molecule has 5 heteroatoms. The van der Waals surface area contributed by atoms with Crippen molar-refractivity contribution in [2.24, 2.45) is 0 Å². The van der Waals surface area contributed by atoms with Crippen LogP contribution in [0.5, 0.6) is 0 Å². The highest BCUT2D eigenvalue weighted by Gasteiger charge is 2.05. The average molecular weight is 282 g/mol. The lowest BCUT2D eigenvalue weighted by atomic mass is 10.2. The molecule has 2 aromatic heterocycles. The van der Waals surface area contributed by atoms with Crippen molar-refractivity contribution < 1.29 is 0 Å². The van der Waals surface area contributed by atoms with E-state index < -0.39 is 0 Å². The van der Waals surface area contributed by atoms with E-state index in [2.05, 4.69) is 34.5 Å². The summed E-state index contributed by atoms with van der Waals surface area (Å²) in [6.07, 6.45) is 2.62. The van der Waals surface area contributed by atoms with Gasteiger partial charge in [0.05, 0.1) is 10.7 Å². The third-order valence-corrected chi connectivity index (χ3v) is 3.90. The second-order valence-electron chi connectivity index (χ2n) is 4.38. The van der Waals surface area contributed by atoms with Crippen molar-refractivity contribution in [2.45, 2.75) is 26.2 Å². The summed E-state index contributed by atoms with van der Waals surface area (Å²) in [6.45, 7) is 5.18. The quantitative estimate of drug-likeness (QED) is 0.843. The summed E-state index contributed by atoms with van der Waals surface area (Å²) in [6, 6.07) is 3.73. The number of hydrogen-bond acceptors (Lipinski definition) is 4. The van der Waals surface area contributed by atoms with Gasteiger partial charge in [-0.2, -0.15) is 0 Å². The highest BCUT2D eigenvalue weighted by Crippen LogP contribution is 2.19. The maximum atomic E-state index is 5.82. The number of rotatable bonds is 5. The van der Waals surface area contributed by atoms with Gasteiger partial charge in [0.1, 0.15) is 5.15 Å². The fourth-order valence-corrected chi connectivity index (χ4v) is 2.59. The topological polar surface area (TPSA) is 37.8 Å². The molecule has 0 atom stereocenters. The van der Waals surface area contributed by atoms with Crippen LogP contribution in [0.25, 0.3) is 0 Å². The van der Waals surface area contributed by atoms with Crippen molar-refractivity contribution in [3.05, 3.63) is 39.6 Å². The third kappa shape index (κ3) is 3.68. The molecule has 0 amide bonds. The summed E-state index contributed by atoms with van der Waals surface area (Å²) in [7, 11) is 0. The van der Waals surface area contributed by atoms with Crippen molar-refractivity contribution in [3.63, 3.8) is 0 Å². The molecule has 18 heavy (non-hydrogen) atoms. The zero-order chi connectivity index (χ0) is 13.0. The van der Waals surface area contributed by atoms with Gasteiger partial charge >= 0.3 is 0 Å². The van der Waals surface area contributed by atoms with Crippen LogP contribution in [0.4, 0.5) is 5.69 Å². The van der Waals surface area contributed by atoms with Gasteiger partial charge in [-0.1, -0.05) is 25.4 Å². The van der Waals surface area contributed by atoms with Crippen molar-refractivity contribution >= 4 is 28.6 Å². The summed E-state index contributed by atoms with van der Waals surface area (Å²) in [4.78, 5) is 8.54. The van der Waals surface area contributed by atoms with Crippen LogP contribution in [0.15, 0.2) is 23.7 Å². The van der Waals surface area contributed by atoms with E-state index in [0.29, 0.717) is 11.1 Å². The molecule has 0 radical (unpaired) electrons. The average Bonchev–Trinajstić information content (AvgIpc) is 2.78. The van der Waals surface area contributed by atoms with Crippen LogP contribution >= 0.6 is 22.9 Å². The van der Waals surface area contributed by atoms with E-state index in [1.54, 1.807) is 17.5 Å². The maximum absolute atomic E-state index is 5.82. The Kier molecular flexibility index (Phi) is 4.55. The molecule has 0 aliphatic carbocycles. The minimum absolute atomic E-state index is 0.510. The normalized spacial score (nSPS) is 10.9. The van der Waals surface area contributed by atoms with E-state index in [-0.39, 0.29) is 0 Å². The van der Waals surface area contributed by atoms with Gasteiger partial charge < -0.3 is 5.32 Å². The molecule has 0 aliphatic rings. The number of nitrogens with zero attached hydrogens (tertiary/aromatic N) is 2. The molecule has 96 valence electrons. The van der Waals surface area contributed by atoms with E-state index >= 15 is 0 Å². The molecule has 0 saturated heterocycles. The van der Waals surface area contributed by atoms with Crippen LogP contribution in [0.3, 0.4) is 0 Å². The number of anilines is 1. The number of pyridine rings is 1. The highest BCUT2D eigenvalue weighted by molar-refractivity contribution is 7.09. The van der Waals surface area contributed by atoms with Crippen LogP contribution in [0.1, 0.15) is 30.5 Å². The highest BCUT2D eigenvalue weighted by atomic mass is 35.5. The van der Waals surface area contributed by atoms with Crippen LogP contribution in [-0.2, 0) is 6.42 Å². The first-order valence-electron chi connectivity index (χ1n) is 5.95. The fraction of sp³-hybridized carbons (Fsp3) is 0.385. The van der Waals surface area contributed by atoms with E-state index in [4.69, 9.17) is 11.6 Å². The number of halogens is 1. The number of hydrogen-bond donors (Lipinski definition) is 1. The molecule has 0 saturated carbocycles. The number of aromatic nitrogens is 2. The predicted molar refractivity (Wildman–Crippen MR) is 77.6 cm³/mol. The van der Waals surface area contributed by atoms with E-state index in [9.17, 15) is 0 Å². The molecular formula is C13H16ClN3S. The molecule has 0 bridgehead atoms. The first-order chi connectivity index (χ1) is 8.65. The molecule has 0 fully saturated rings. The van der Waals surface area contributed by atoms with Crippen molar-refractivity contribution in [1.82, 2.24) is 9.97 Å². The maximum Gasteiger partial charge on any atom is 0.131 e. The monoisotopic (exact) mass is 281 g/mol. The Morgan fingerprint density at radius 1 is 1.44 bits per heavy atom. The SMILES string of the molecule is CC(C)c1nc(CCNc2ccnc(Cl)c2)cs1. The lowest BCUT2D eigenvalue weighted by Gasteiger charge is -2.04. The first kappa shape index (κ1) is 13.3. The Hall–Kier alpha value is -1.13. The molecule has 1 N–H and O–H groups in total. The van der Waals surface area contributed by atoms with Crippen LogP contribution in [0.2, 0.25) is 5.15 Å². The van der Waals surface area contributed by atoms with Gasteiger partial charge in [0.2, 0.25) is 0 Å². The Balaban J connectivity index is 1.84.